The van der Waals surface area contributed by atoms with Crippen molar-refractivity contribution in [2.24, 2.45) is 10.7 Å². The molecule has 0 saturated heterocycles. The Hall–Kier alpha value is -1.46. The van der Waals surface area contributed by atoms with E-state index in [0.717, 1.165) is 18.7 Å². The van der Waals surface area contributed by atoms with Crippen molar-refractivity contribution in [2.45, 2.75) is 123 Å². The molecule has 1 aliphatic rings. The number of nitrogens with zero attached hydrogens (tertiary/aromatic N) is 2. The normalized spacial score (nSPS) is 19.3. The van der Waals surface area contributed by atoms with Crippen molar-refractivity contribution in [1.29, 1.82) is 0 Å². The third-order valence-corrected chi connectivity index (χ3v) is 6.32. The van der Waals surface area contributed by atoms with Gasteiger partial charge < -0.3 is 5.11 Å². The van der Waals surface area contributed by atoms with Gasteiger partial charge in [-0.25, -0.2) is 14.3 Å². The minimum absolute atomic E-state index is 0.0266. The Bertz CT molecular complexity index is 569. The molecule has 1 rings (SSSR count). The molecule has 178 valence electrons. The van der Waals surface area contributed by atoms with Gasteiger partial charge in [-0.3, -0.25) is 5.73 Å². The van der Waals surface area contributed by atoms with E-state index in [0.29, 0.717) is 0 Å². The van der Waals surface area contributed by atoms with Gasteiger partial charge in [0.25, 0.3) is 0 Å². The lowest BCUT2D eigenvalue weighted by Gasteiger charge is -2.34. The number of nitrogens with two attached hydrogens (primary N) is 1. The van der Waals surface area contributed by atoms with E-state index < -0.39 is 5.97 Å². The standard InChI is InChI=1S/C26H47N3O2/c1-3-4-5-6-7-8-9-10-11-12-13-14-15-16-17-18-19-20-25-28-21-22-29(25,24(2)27)23-26(30)31/h9-10,21-22,24H,3-8,11-20,23,27H2,1-2H3/p+1/b10-9+. The molecule has 0 aliphatic carbocycles. The molecule has 31 heavy (non-hydrogen) atoms. The van der Waals surface area contributed by atoms with E-state index in [1.54, 1.807) is 6.20 Å². The van der Waals surface area contributed by atoms with Gasteiger partial charge in [-0.15, -0.1) is 0 Å². The molecular formula is C26H48N3O2+. The van der Waals surface area contributed by atoms with E-state index in [2.05, 4.69) is 24.1 Å². The van der Waals surface area contributed by atoms with Crippen LogP contribution in [0, 0.1) is 0 Å². The molecule has 0 aromatic carbocycles. The second-order valence-electron chi connectivity index (χ2n) is 9.11. The Balaban J connectivity index is 1.98. The molecule has 1 heterocycles. The molecule has 0 amide bonds. The number of hydrogen-bond acceptors (Lipinski definition) is 3. The summed E-state index contributed by atoms with van der Waals surface area (Å²) in [6.45, 7) is 4.10. The molecule has 3 N–H and O–H groups in total. The lowest BCUT2D eigenvalue weighted by molar-refractivity contribution is -0.805. The van der Waals surface area contributed by atoms with E-state index >= 15 is 0 Å². The summed E-state index contributed by atoms with van der Waals surface area (Å²) < 4.78 is 0.169. The highest BCUT2D eigenvalue weighted by molar-refractivity contribution is 5.81. The SMILES string of the molecule is CCCCCCC/C=C/CCCCCCCCCCC1=NC=C[N+]1(CC(=O)O)C(C)N. The summed E-state index contributed by atoms with van der Waals surface area (Å²) in [7, 11) is 0. The number of hydrogen-bond donors (Lipinski definition) is 2. The fraction of sp³-hybridized carbons (Fsp3) is 0.769. The van der Waals surface area contributed by atoms with E-state index in [9.17, 15) is 9.90 Å². The third kappa shape index (κ3) is 11.6. The van der Waals surface area contributed by atoms with Gasteiger partial charge in [0.1, 0.15) is 12.4 Å². The average Bonchev–Trinajstić information content (AvgIpc) is 3.13. The predicted molar refractivity (Wildman–Crippen MR) is 132 cm³/mol. The molecule has 5 heteroatoms. The molecule has 0 spiro atoms. The zero-order valence-corrected chi connectivity index (χ0v) is 20.2. The van der Waals surface area contributed by atoms with Gasteiger partial charge in [0.2, 0.25) is 5.84 Å². The zero-order valence-electron chi connectivity index (χ0n) is 20.2. The smallest absolute Gasteiger partial charge is 0.360 e. The van der Waals surface area contributed by atoms with E-state index in [4.69, 9.17) is 5.73 Å². The average molecular weight is 435 g/mol. The van der Waals surface area contributed by atoms with Crippen molar-refractivity contribution in [3.8, 4) is 0 Å². The summed E-state index contributed by atoms with van der Waals surface area (Å²) in [6, 6.07) is 0. The van der Waals surface area contributed by atoms with Crippen LogP contribution in [-0.2, 0) is 4.79 Å². The number of carbonyl (C=O) groups is 1. The van der Waals surface area contributed by atoms with Crippen molar-refractivity contribution >= 4 is 11.8 Å². The summed E-state index contributed by atoms with van der Waals surface area (Å²) >= 11 is 0. The molecule has 0 aromatic rings. The van der Waals surface area contributed by atoms with Gasteiger partial charge >= 0.3 is 5.97 Å². The monoisotopic (exact) mass is 434 g/mol. The summed E-state index contributed by atoms with van der Waals surface area (Å²) in [5, 5.41) is 9.26. The van der Waals surface area contributed by atoms with Crippen LogP contribution in [-0.4, -0.2) is 34.1 Å². The quantitative estimate of drug-likeness (QED) is 0.124. The van der Waals surface area contributed by atoms with Crippen LogP contribution in [0.4, 0.5) is 0 Å². The Kier molecular flexibility index (Phi) is 15.2. The summed E-state index contributed by atoms with van der Waals surface area (Å²) in [6.07, 6.45) is 28.3. The minimum Gasteiger partial charge on any atom is -0.477 e. The van der Waals surface area contributed by atoms with E-state index in [1.165, 1.54) is 89.9 Å². The Morgan fingerprint density at radius 3 is 2.00 bits per heavy atom. The molecule has 1 aliphatic heterocycles. The highest BCUT2D eigenvalue weighted by atomic mass is 16.4. The lowest BCUT2D eigenvalue weighted by atomic mass is 10.1. The molecule has 0 aromatic heterocycles. The van der Waals surface area contributed by atoms with Gasteiger partial charge in [-0.1, -0.05) is 83.3 Å². The Morgan fingerprint density at radius 2 is 1.48 bits per heavy atom. The second kappa shape index (κ2) is 17.1. The molecule has 0 saturated carbocycles. The fourth-order valence-electron chi connectivity index (χ4n) is 4.29. The van der Waals surface area contributed by atoms with Gasteiger partial charge in [0.15, 0.2) is 6.54 Å². The van der Waals surface area contributed by atoms with Gasteiger partial charge in [-0.2, -0.15) is 0 Å². The van der Waals surface area contributed by atoms with Gasteiger partial charge in [0, 0.05) is 13.3 Å². The topological polar surface area (TPSA) is 75.7 Å². The number of aliphatic carboxylic acids is 1. The number of quaternary nitrogens is 1. The van der Waals surface area contributed by atoms with Crippen molar-refractivity contribution in [2.75, 3.05) is 6.54 Å². The summed E-state index contributed by atoms with van der Waals surface area (Å²) in [5.41, 5.74) is 6.11. The Labute approximate surface area is 191 Å². The molecule has 0 bridgehead atoms. The summed E-state index contributed by atoms with van der Waals surface area (Å²) in [5.74, 6) is 0.0564. The highest BCUT2D eigenvalue weighted by Crippen LogP contribution is 2.23. The van der Waals surface area contributed by atoms with Crippen LogP contribution in [0.15, 0.2) is 29.5 Å². The van der Waals surface area contributed by atoms with E-state index in [-0.39, 0.29) is 17.2 Å². The van der Waals surface area contributed by atoms with Gasteiger partial charge in [-0.05, 0) is 32.1 Å². The van der Waals surface area contributed by atoms with Crippen LogP contribution in [0.3, 0.4) is 0 Å². The maximum Gasteiger partial charge on any atom is 0.360 e. The lowest BCUT2D eigenvalue weighted by Crippen LogP contribution is -2.59. The largest absolute Gasteiger partial charge is 0.477 e. The summed E-state index contributed by atoms with van der Waals surface area (Å²) in [4.78, 5) is 15.7. The highest BCUT2D eigenvalue weighted by Gasteiger charge is 2.40. The van der Waals surface area contributed by atoms with Crippen LogP contribution in [0.25, 0.3) is 0 Å². The van der Waals surface area contributed by atoms with Crippen molar-refractivity contribution in [1.82, 2.24) is 0 Å². The van der Waals surface area contributed by atoms with Crippen LogP contribution < -0.4 is 5.73 Å². The molecule has 2 unspecified atom stereocenters. The maximum atomic E-state index is 11.3. The number of allylic oxidation sites excluding steroid dienone is 2. The third-order valence-electron chi connectivity index (χ3n) is 6.32. The number of amidine groups is 1. The van der Waals surface area contributed by atoms with Crippen LogP contribution in [0.2, 0.25) is 0 Å². The Morgan fingerprint density at radius 1 is 0.968 bits per heavy atom. The van der Waals surface area contributed by atoms with Crippen molar-refractivity contribution in [3.05, 3.63) is 24.6 Å². The first kappa shape index (κ1) is 27.6. The van der Waals surface area contributed by atoms with Crippen LogP contribution >= 0.6 is 0 Å². The molecule has 0 radical (unpaired) electrons. The number of rotatable bonds is 20. The predicted octanol–water partition coefficient (Wildman–Crippen LogP) is 6.89. The van der Waals surface area contributed by atoms with Crippen LogP contribution in [0.5, 0.6) is 0 Å². The van der Waals surface area contributed by atoms with Crippen molar-refractivity contribution < 1.29 is 14.4 Å². The van der Waals surface area contributed by atoms with Gasteiger partial charge in [0.05, 0.1) is 6.20 Å². The first-order chi connectivity index (χ1) is 15.0. The number of unbranched alkanes of at least 4 members (excludes halogenated alkanes) is 13. The maximum absolute atomic E-state index is 11.3. The fourth-order valence-corrected chi connectivity index (χ4v) is 4.29. The molecule has 2 atom stereocenters. The minimum atomic E-state index is -0.838. The van der Waals surface area contributed by atoms with E-state index in [1.807, 2.05) is 13.1 Å². The molecule has 5 nitrogen and oxygen atoms in total. The second-order valence-corrected chi connectivity index (χ2v) is 9.11. The first-order valence-electron chi connectivity index (χ1n) is 12.8. The van der Waals surface area contributed by atoms with Crippen molar-refractivity contribution in [3.63, 3.8) is 0 Å². The zero-order chi connectivity index (χ0) is 22.8. The number of aliphatic imine (C=N–C) groups is 1. The molecule has 0 fully saturated rings. The first-order valence-corrected chi connectivity index (χ1v) is 12.8. The number of carboxylic acid groups (broad SMARTS) is 1. The van der Waals surface area contributed by atoms with Crippen LogP contribution in [0.1, 0.15) is 117 Å². The number of carboxylic acids is 1. The molecular weight excluding hydrogens is 386 g/mol.